The molecule has 0 heteroatoms. The van der Waals surface area contributed by atoms with E-state index in [0.717, 1.165) is 132 Å². The fourth-order valence-corrected chi connectivity index (χ4v) is 27.7. The first-order valence-electron chi connectivity index (χ1n) is 59.3. The standard InChI is InChI=1S/5C12H20.6C12H14.C11H18/c11*1-9-3-5-12-8-10(2)4-6-11(12)7-9;1-9-6-7-10-4-2-3-5-11(10)8-9/h2*7,10-12H,3-6,8H2,1-2H3;7,9-10,12H,3-6,8H2,1-2H3;5,9-11H,3-4,6-8H2,1-2H3;3,10-12H,4-8H2,1-2H3;2*3,5,7-8H,4,6H2,1-2H3;2*3-5,7H,6,8H2,1-2H3;2*3-7,10H,8H2,1-2H3;6-7,9-11H,2-5,8H2,1H3. The maximum absolute atomic E-state index is 2.56. The van der Waals surface area contributed by atoms with E-state index in [1.807, 2.05) is 0 Å². The lowest BCUT2D eigenvalue weighted by atomic mass is 9.68. The second-order valence-electron chi connectivity index (χ2n) is 51.1. The first-order chi connectivity index (χ1) is 68.7. The number of benzene rings is 6. The fraction of sp³-hybridized carbons (Fsp3) is 0.580. The van der Waals surface area contributed by atoms with Crippen LogP contribution in [0.4, 0.5) is 0 Å². The van der Waals surface area contributed by atoms with Crippen molar-refractivity contribution >= 4 is 24.3 Å². The molecular formula is C143H202. The largest absolute Gasteiger partial charge is 0.0854 e. The van der Waals surface area contributed by atoms with Crippen LogP contribution in [0.1, 0.15) is 423 Å². The van der Waals surface area contributed by atoms with Crippen molar-refractivity contribution in [3.8, 4) is 0 Å². The molecular weight excluding hydrogens is 1720 g/mol. The van der Waals surface area contributed by atoms with Crippen molar-refractivity contribution in [3.63, 3.8) is 0 Å². The zero-order chi connectivity index (χ0) is 102. The highest BCUT2D eigenvalue weighted by Crippen LogP contribution is 2.48. The molecule has 6 saturated carbocycles. The highest BCUT2D eigenvalue weighted by atomic mass is 14.4. The van der Waals surface area contributed by atoms with Crippen LogP contribution in [-0.4, -0.2) is 0 Å². The van der Waals surface area contributed by atoms with Crippen LogP contribution in [-0.2, 0) is 51.4 Å². The topological polar surface area (TPSA) is 0 Å². The number of hydrogen-bond donors (Lipinski definition) is 0. The second-order valence-corrected chi connectivity index (χ2v) is 51.1. The van der Waals surface area contributed by atoms with E-state index in [4.69, 9.17) is 0 Å². The summed E-state index contributed by atoms with van der Waals surface area (Å²) >= 11 is 0. The molecule has 18 aliphatic carbocycles. The zero-order valence-corrected chi connectivity index (χ0v) is 95.4. The number of aryl methyl sites for hydroxylation is 8. The van der Waals surface area contributed by atoms with Gasteiger partial charge in [0, 0.05) is 0 Å². The molecule has 0 radical (unpaired) electrons. The molecule has 6 fully saturated rings. The molecule has 774 valence electrons. The van der Waals surface area contributed by atoms with Gasteiger partial charge >= 0.3 is 0 Å². The summed E-state index contributed by atoms with van der Waals surface area (Å²) in [4.78, 5) is 0. The van der Waals surface area contributed by atoms with Crippen molar-refractivity contribution in [1.29, 1.82) is 0 Å². The van der Waals surface area contributed by atoms with Crippen molar-refractivity contribution in [1.82, 2.24) is 0 Å². The Kier molecular flexibility index (Phi) is 44.0. The average molecular weight is 1920 g/mol. The summed E-state index contributed by atoms with van der Waals surface area (Å²) in [5.41, 5.74) is 40.5. The highest BCUT2D eigenvalue weighted by molar-refractivity contribution is 5.62. The molecule has 20 atom stereocenters. The minimum Gasteiger partial charge on any atom is -0.0854 e. The molecule has 0 spiro atoms. The Morgan fingerprint density at radius 1 is 0.224 bits per heavy atom. The van der Waals surface area contributed by atoms with E-state index < -0.39 is 0 Å². The number of hydrogen-bond acceptors (Lipinski definition) is 0. The molecule has 143 heavy (non-hydrogen) atoms. The van der Waals surface area contributed by atoms with Gasteiger partial charge in [0.25, 0.3) is 0 Å². The molecule has 0 amide bonds. The van der Waals surface area contributed by atoms with E-state index in [9.17, 15) is 0 Å². The van der Waals surface area contributed by atoms with Gasteiger partial charge in [-0.15, -0.1) is 0 Å². The summed E-state index contributed by atoms with van der Waals surface area (Å²) in [6.07, 6.45) is 91.3. The predicted molar refractivity (Wildman–Crippen MR) is 630 cm³/mol. The van der Waals surface area contributed by atoms with Gasteiger partial charge in [-0.3, -0.25) is 0 Å². The summed E-state index contributed by atoms with van der Waals surface area (Å²) in [6.45, 7) is 52.4. The van der Waals surface area contributed by atoms with Crippen LogP contribution in [0.2, 0.25) is 0 Å². The van der Waals surface area contributed by atoms with Crippen LogP contribution in [0.5, 0.6) is 0 Å². The van der Waals surface area contributed by atoms with Crippen molar-refractivity contribution in [2.75, 3.05) is 0 Å². The van der Waals surface area contributed by atoms with Gasteiger partial charge in [-0.25, -0.2) is 0 Å². The van der Waals surface area contributed by atoms with Crippen LogP contribution in [0.15, 0.2) is 226 Å². The summed E-state index contributed by atoms with van der Waals surface area (Å²) in [6, 6.07) is 40.4. The molecule has 0 bridgehead atoms. The molecule has 0 aromatic heterocycles. The fourth-order valence-electron chi connectivity index (χ4n) is 27.7. The second kappa shape index (κ2) is 56.0. The maximum atomic E-state index is 2.56. The lowest BCUT2D eigenvalue weighted by Crippen LogP contribution is -2.25. The molecule has 6 aromatic carbocycles. The summed E-state index contributed by atoms with van der Waals surface area (Å²) in [5, 5.41) is 0. The van der Waals surface area contributed by atoms with Crippen molar-refractivity contribution in [2.24, 2.45) is 118 Å². The van der Waals surface area contributed by atoms with E-state index in [1.165, 1.54) is 354 Å². The molecule has 0 N–H and O–H groups in total. The van der Waals surface area contributed by atoms with Gasteiger partial charge in [0.15, 0.2) is 0 Å². The molecule has 20 unspecified atom stereocenters. The first-order valence-corrected chi connectivity index (χ1v) is 59.3. The summed E-state index contributed by atoms with van der Waals surface area (Å²) in [7, 11) is 0. The van der Waals surface area contributed by atoms with E-state index in [1.54, 1.807) is 27.9 Å². The Labute approximate surface area is 878 Å². The van der Waals surface area contributed by atoms with Gasteiger partial charge in [-0.1, -0.05) is 385 Å². The van der Waals surface area contributed by atoms with E-state index in [2.05, 4.69) is 360 Å². The minimum absolute atomic E-state index is 0.709. The van der Waals surface area contributed by atoms with Gasteiger partial charge in [-0.2, -0.15) is 0 Å². The monoisotopic (exact) mass is 1920 g/mol. The van der Waals surface area contributed by atoms with Crippen molar-refractivity contribution in [3.05, 3.63) is 326 Å². The number of allylic oxidation sites excluding steroid dienone is 20. The van der Waals surface area contributed by atoms with Crippen LogP contribution in [0.25, 0.3) is 24.3 Å². The molecule has 0 aliphatic heterocycles. The summed E-state index contributed by atoms with van der Waals surface area (Å²) < 4.78 is 0. The SMILES string of the molecule is CC1=CC2CCC(C)CC2CC1.CC1=CC2CCC(C)CC2CC1.CC1=CCC2CC(C)CCC2C1.CC1=CCc2cc(C)ccc2C1.CC1=CCc2cc(C)ccc2C1.CC1=Cc2ccc(C)cc2CC1.CC1=Cc2ccc(C)cc2CC1.CC1C=C2CCC(C)CC2CC1.CC1C=CC2CCCCC2C1.CC1CCC2CC(C)CC=C2C1.Cc1ccc2c(c1)C=CC(C)C2.Cc1ccc2c(c1)C=CC(C)C2. The summed E-state index contributed by atoms with van der Waals surface area (Å²) in [5.74, 6) is 19.1. The van der Waals surface area contributed by atoms with Crippen LogP contribution in [0, 0.1) is 160 Å². The third kappa shape index (κ3) is 36.3. The third-order valence-corrected chi connectivity index (χ3v) is 36.6. The Morgan fingerprint density at radius 2 is 0.671 bits per heavy atom. The predicted octanol–water partition coefficient (Wildman–Crippen LogP) is 41.5. The molecule has 18 aliphatic rings. The van der Waals surface area contributed by atoms with Gasteiger partial charge in [0.2, 0.25) is 0 Å². The smallest absolute Gasteiger partial charge is 0.00669 e. The van der Waals surface area contributed by atoms with Crippen molar-refractivity contribution < 1.29 is 0 Å². The Bertz CT molecular complexity index is 5200. The van der Waals surface area contributed by atoms with Crippen molar-refractivity contribution in [2.45, 2.75) is 416 Å². The van der Waals surface area contributed by atoms with Crippen LogP contribution < -0.4 is 0 Å². The third-order valence-electron chi connectivity index (χ3n) is 36.6. The van der Waals surface area contributed by atoms with Gasteiger partial charge in [0.1, 0.15) is 0 Å². The quantitative estimate of drug-likeness (QED) is 0.133. The van der Waals surface area contributed by atoms with Gasteiger partial charge < -0.3 is 0 Å². The van der Waals surface area contributed by atoms with Crippen LogP contribution in [0.3, 0.4) is 0 Å². The number of fused-ring (bicyclic) bond motifs is 12. The first kappa shape index (κ1) is 112. The maximum Gasteiger partial charge on any atom is -0.00669 e. The molecule has 24 rings (SSSR count). The lowest BCUT2D eigenvalue weighted by Gasteiger charge is -2.37. The number of rotatable bonds is 0. The zero-order valence-electron chi connectivity index (χ0n) is 95.4. The highest BCUT2D eigenvalue weighted by Gasteiger charge is 2.35. The van der Waals surface area contributed by atoms with E-state index in [-0.39, 0.29) is 0 Å². The molecule has 0 saturated heterocycles. The van der Waals surface area contributed by atoms with E-state index in [0.29, 0.717) is 11.8 Å². The molecule has 0 heterocycles. The van der Waals surface area contributed by atoms with Gasteiger partial charge in [0.05, 0.1) is 0 Å². The minimum atomic E-state index is 0.709. The van der Waals surface area contributed by atoms with Crippen LogP contribution >= 0.6 is 0 Å². The van der Waals surface area contributed by atoms with Gasteiger partial charge in [-0.05, 0) is 500 Å². The Hall–Kier alpha value is -7.80. The lowest BCUT2D eigenvalue weighted by molar-refractivity contribution is 0.180. The molecule has 6 aromatic rings. The van der Waals surface area contributed by atoms with E-state index >= 15 is 0 Å². The Morgan fingerprint density at radius 3 is 1.21 bits per heavy atom. The average Bonchev–Trinajstić information content (AvgIpc) is 0.835. The Balaban J connectivity index is 0.000000131. The molecule has 0 nitrogen and oxygen atoms in total. The normalized spacial score (nSPS) is 29.5.